The summed E-state index contributed by atoms with van der Waals surface area (Å²) < 4.78 is 13.6. The number of para-hydroxylation sites is 1. The van der Waals surface area contributed by atoms with Crippen molar-refractivity contribution >= 4 is 17.5 Å². The van der Waals surface area contributed by atoms with Crippen LogP contribution in [0, 0.1) is 10.1 Å². The highest BCUT2D eigenvalue weighted by Crippen LogP contribution is 2.56. The smallest absolute Gasteiger partial charge is 0.274 e. The molecule has 2 aromatic carbocycles. The van der Waals surface area contributed by atoms with Crippen LogP contribution in [0.5, 0.6) is 11.5 Å². The van der Waals surface area contributed by atoms with Crippen molar-refractivity contribution in [2.45, 2.75) is 58.6 Å². The first-order valence-corrected chi connectivity index (χ1v) is 13.2. The fourth-order valence-corrected chi connectivity index (χ4v) is 6.07. The van der Waals surface area contributed by atoms with Gasteiger partial charge in [-0.05, 0) is 71.2 Å². The van der Waals surface area contributed by atoms with Crippen molar-refractivity contribution in [3.05, 3.63) is 63.7 Å². The molecule has 2 heterocycles. The lowest BCUT2D eigenvalue weighted by atomic mass is 9.76. The molecule has 0 saturated carbocycles. The number of rotatable bonds is 10. The van der Waals surface area contributed by atoms with E-state index >= 15 is 0 Å². The standard InChI is InChI=1S/C29H40N3O4/c1-7-32(8-2,9-3)19-13-12-18-30-25-15-11-10-14-24(25)28(4,5)29(30)17-16-22-20-23(31(33)34)21-26(35-6)27(22)36-29/h10-11,14-17,20-21H,7-9,12-13,18-19H2,1-6H3/q+1. The maximum atomic E-state index is 11.5. The summed E-state index contributed by atoms with van der Waals surface area (Å²) in [5, 5.41) is 11.5. The monoisotopic (exact) mass is 494 g/mol. The van der Waals surface area contributed by atoms with E-state index in [0.717, 1.165) is 43.5 Å². The Kier molecular flexibility index (Phi) is 7.06. The van der Waals surface area contributed by atoms with Crippen LogP contribution < -0.4 is 14.4 Å². The molecule has 2 aliphatic heterocycles. The summed E-state index contributed by atoms with van der Waals surface area (Å²) in [4.78, 5) is 13.5. The Morgan fingerprint density at radius 2 is 1.78 bits per heavy atom. The first-order chi connectivity index (χ1) is 17.2. The average Bonchev–Trinajstić information content (AvgIpc) is 3.07. The molecular weight excluding hydrogens is 454 g/mol. The molecule has 0 saturated heterocycles. The molecule has 1 spiro atoms. The van der Waals surface area contributed by atoms with E-state index in [2.05, 4.69) is 69.9 Å². The number of nitrogens with zero attached hydrogens (tertiary/aromatic N) is 3. The molecule has 1 unspecified atom stereocenters. The van der Waals surface area contributed by atoms with Crippen LogP contribution in [0.1, 0.15) is 58.6 Å². The molecule has 7 nitrogen and oxygen atoms in total. The number of hydrogen-bond donors (Lipinski definition) is 0. The molecule has 0 fully saturated rings. The summed E-state index contributed by atoms with van der Waals surface area (Å²) in [7, 11) is 1.53. The van der Waals surface area contributed by atoms with Crippen molar-refractivity contribution in [2.75, 3.05) is 44.7 Å². The summed E-state index contributed by atoms with van der Waals surface area (Å²) in [5.74, 6) is 0.931. The van der Waals surface area contributed by atoms with Gasteiger partial charge >= 0.3 is 0 Å². The number of anilines is 1. The Labute approximate surface area is 215 Å². The predicted octanol–water partition coefficient (Wildman–Crippen LogP) is 6.16. The molecule has 1 atom stereocenters. The highest BCUT2D eigenvalue weighted by molar-refractivity contribution is 5.75. The summed E-state index contributed by atoms with van der Waals surface area (Å²) in [6.07, 6.45) is 6.24. The van der Waals surface area contributed by atoms with Gasteiger partial charge in [0.15, 0.2) is 11.5 Å². The van der Waals surface area contributed by atoms with Crippen LogP contribution in [0.25, 0.3) is 6.08 Å². The van der Waals surface area contributed by atoms with E-state index in [-0.39, 0.29) is 11.1 Å². The van der Waals surface area contributed by atoms with Gasteiger partial charge in [-0.2, -0.15) is 0 Å². The van der Waals surface area contributed by atoms with Crippen LogP contribution in [0.3, 0.4) is 0 Å². The predicted molar refractivity (Wildman–Crippen MR) is 145 cm³/mol. The van der Waals surface area contributed by atoms with Crippen LogP contribution in [0.15, 0.2) is 42.5 Å². The lowest BCUT2D eigenvalue weighted by Gasteiger charge is -2.47. The van der Waals surface area contributed by atoms with Gasteiger partial charge in [0.05, 0.1) is 49.7 Å². The molecule has 7 heteroatoms. The second-order valence-corrected chi connectivity index (χ2v) is 10.5. The first-order valence-electron chi connectivity index (χ1n) is 13.2. The number of unbranched alkanes of at least 4 members (excludes halogenated alkanes) is 1. The van der Waals surface area contributed by atoms with Crippen LogP contribution in [-0.4, -0.2) is 55.0 Å². The van der Waals surface area contributed by atoms with E-state index in [9.17, 15) is 10.1 Å². The highest BCUT2D eigenvalue weighted by atomic mass is 16.6. The number of nitro groups is 1. The van der Waals surface area contributed by atoms with E-state index in [0.29, 0.717) is 17.1 Å². The fourth-order valence-electron chi connectivity index (χ4n) is 6.07. The van der Waals surface area contributed by atoms with Crippen LogP contribution in [0.4, 0.5) is 11.4 Å². The fraction of sp³-hybridized carbons (Fsp3) is 0.517. The number of methoxy groups -OCH3 is 1. The van der Waals surface area contributed by atoms with Gasteiger partial charge in [-0.3, -0.25) is 10.1 Å². The second kappa shape index (κ2) is 9.77. The Hall–Kier alpha value is -3.06. The highest BCUT2D eigenvalue weighted by Gasteiger charge is 2.59. The molecule has 0 aromatic heterocycles. The maximum Gasteiger partial charge on any atom is 0.274 e. The molecule has 0 radical (unpaired) electrons. The number of fused-ring (bicyclic) bond motifs is 2. The summed E-state index contributed by atoms with van der Waals surface area (Å²) in [6.45, 7) is 16.8. The Balaban J connectivity index is 1.70. The number of non-ortho nitro benzene ring substituents is 1. The normalized spacial score (nSPS) is 19.7. The van der Waals surface area contributed by atoms with Gasteiger partial charge in [0.25, 0.3) is 5.69 Å². The lowest BCUT2D eigenvalue weighted by molar-refractivity contribution is -0.923. The maximum absolute atomic E-state index is 11.5. The van der Waals surface area contributed by atoms with Gasteiger partial charge in [0.2, 0.25) is 5.72 Å². The Bertz CT molecular complexity index is 1150. The molecule has 194 valence electrons. The van der Waals surface area contributed by atoms with Crippen molar-refractivity contribution < 1.29 is 18.9 Å². The second-order valence-electron chi connectivity index (χ2n) is 10.5. The largest absolute Gasteiger partial charge is 0.493 e. The molecule has 0 aliphatic carbocycles. The van der Waals surface area contributed by atoms with Gasteiger partial charge in [-0.25, -0.2) is 0 Å². The van der Waals surface area contributed by atoms with Crippen LogP contribution >= 0.6 is 0 Å². The van der Waals surface area contributed by atoms with Crippen LogP contribution in [-0.2, 0) is 5.41 Å². The number of quaternary nitrogens is 1. The summed E-state index contributed by atoms with van der Waals surface area (Å²) in [5.41, 5.74) is 1.94. The quantitative estimate of drug-likeness (QED) is 0.171. The third-order valence-electron chi connectivity index (χ3n) is 8.69. The average molecular weight is 495 g/mol. The van der Waals surface area contributed by atoms with Gasteiger partial charge in [0, 0.05) is 23.9 Å². The molecule has 0 N–H and O–H groups in total. The van der Waals surface area contributed by atoms with E-state index in [1.54, 1.807) is 6.07 Å². The van der Waals surface area contributed by atoms with Gasteiger partial charge in [0.1, 0.15) is 0 Å². The van der Waals surface area contributed by atoms with Gasteiger partial charge in [-0.15, -0.1) is 0 Å². The van der Waals surface area contributed by atoms with Crippen molar-refractivity contribution in [1.29, 1.82) is 0 Å². The van der Waals surface area contributed by atoms with Crippen molar-refractivity contribution in [3.8, 4) is 11.5 Å². The molecule has 36 heavy (non-hydrogen) atoms. The van der Waals surface area contributed by atoms with Gasteiger partial charge in [-0.1, -0.05) is 18.2 Å². The van der Waals surface area contributed by atoms with E-state index in [1.807, 2.05) is 6.08 Å². The SMILES string of the molecule is CC[N+](CC)(CC)CCCCN1c2ccccc2C(C)(C)C12C=Cc1cc([N+](=O)[O-])cc(OC)c1O2. The van der Waals surface area contributed by atoms with E-state index in [1.165, 1.54) is 31.0 Å². The number of benzene rings is 2. The molecule has 0 bridgehead atoms. The zero-order chi connectivity index (χ0) is 26.1. The van der Waals surface area contributed by atoms with E-state index < -0.39 is 10.6 Å². The van der Waals surface area contributed by atoms with Crippen molar-refractivity contribution in [1.82, 2.24) is 0 Å². The minimum absolute atomic E-state index is 0.00925. The third kappa shape index (κ3) is 4.03. The number of ether oxygens (including phenoxy) is 2. The molecular formula is C29H40N3O4+. The van der Waals surface area contributed by atoms with Crippen molar-refractivity contribution in [3.63, 3.8) is 0 Å². The summed E-state index contributed by atoms with van der Waals surface area (Å²) >= 11 is 0. The minimum atomic E-state index is -0.765. The number of hydrogen-bond acceptors (Lipinski definition) is 5. The van der Waals surface area contributed by atoms with Crippen molar-refractivity contribution in [2.24, 2.45) is 0 Å². The zero-order valence-electron chi connectivity index (χ0n) is 22.5. The Morgan fingerprint density at radius 3 is 2.42 bits per heavy atom. The van der Waals surface area contributed by atoms with E-state index in [4.69, 9.17) is 9.47 Å². The zero-order valence-corrected chi connectivity index (χ0v) is 22.5. The molecule has 2 aromatic rings. The lowest BCUT2D eigenvalue weighted by Crippen LogP contribution is -2.59. The molecule has 4 rings (SSSR count). The Morgan fingerprint density at radius 1 is 1.08 bits per heavy atom. The molecule has 2 aliphatic rings. The third-order valence-corrected chi connectivity index (χ3v) is 8.69. The van der Waals surface area contributed by atoms with Crippen LogP contribution in [0.2, 0.25) is 0 Å². The number of nitro benzene ring substituents is 1. The topological polar surface area (TPSA) is 64.8 Å². The molecule has 0 amide bonds. The first kappa shape index (κ1) is 26.0. The minimum Gasteiger partial charge on any atom is -0.493 e. The van der Waals surface area contributed by atoms with Gasteiger partial charge < -0.3 is 18.9 Å². The summed E-state index contributed by atoms with van der Waals surface area (Å²) in [6, 6.07) is 11.5.